The zero-order valence-corrected chi connectivity index (χ0v) is 10.0. The van der Waals surface area contributed by atoms with Gasteiger partial charge in [0.15, 0.2) is 5.76 Å². The summed E-state index contributed by atoms with van der Waals surface area (Å²) in [7, 11) is 0. The van der Waals surface area contributed by atoms with Crippen LogP contribution in [0.4, 0.5) is 0 Å². The molecule has 2 aromatic heterocycles. The minimum absolute atomic E-state index is 0.351. The summed E-state index contributed by atoms with van der Waals surface area (Å²) in [5.74, 6) is 1.66. The molecule has 2 aromatic rings. The van der Waals surface area contributed by atoms with Crippen LogP contribution in [0.25, 0.3) is 11.5 Å². The number of aromatic nitrogens is 2. The third-order valence-electron chi connectivity index (χ3n) is 2.46. The van der Waals surface area contributed by atoms with Gasteiger partial charge in [0.2, 0.25) is 0 Å². The molecule has 92 valence electrons. The molecule has 0 saturated heterocycles. The number of furan rings is 1. The summed E-state index contributed by atoms with van der Waals surface area (Å²) in [5, 5.41) is 19.3. The van der Waals surface area contributed by atoms with Crippen molar-refractivity contribution in [3.63, 3.8) is 0 Å². The molecule has 0 bridgehead atoms. The lowest BCUT2D eigenvalue weighted by Crippen LogP contribution is -2.23. The predicted molar refractivity (Wildman–Crippen MR) is 64.4 cm³/mol. The maximum Gasteiger partial charge on any atom is 0.152 e. The van der Waals surface area contributed by atoms with E-state index in [-0.39, 0.29) is 6.10 Å². The van der Waals surface area contributed by atoms with Gasteiger partial charge in [0, 0.05) is 18.7 Å². The molecule has 1 atom stereocenters. The first kappa shape index (κ1) is 11.9. The molecule has 5 heteroatoms. The highest BCUT2D eigenvalue weighted by molar-refractivity contribution is 5.56. The van der Waals surface area contributed by atoms with Gasteiger partial charge in [-0.05, 0) is 26.0 Å². The standard InChI is InChI=1S/C12H17N3O2/c1-8(16)5-13-6-10-7-14-15-12(10)11-4-3-9(2)17-11/h3-4,7-8,13,16H,5-6H2,1-2H3,(H,14,15). The fraction of sp³-hybridized carbons (Fsp3) is 0.417. The minimum Gasteiger partial charge on any atom is -0.460 e. The van der Waals surface area contributed by atoms with Crippen LogP contribution in [0.5, 0.6) is 0 Å². The van der Waals surface area contributed by atoms with Crippen molar-refractivity contribution in [2.45, 2.75) is 26.5 Å². The maximum absolute atomic E-state index is 9.17. The summed E-state index contributed by atoms with van der Waals surface area (Å²) in [6, 6.07) is 3.84. The first-order valence-electron chi connectivity index (χ1n) is 5.64. The van der Waals surface area contributed by atoms with Crippen molar-refractivity contribution in [3.05, 3.63) is 29.7 Å². The molecule has 5 nitrogen and oxygen atoms in total. The Hall–Kier alpha value is -1.59. The van der Waals surface area contributed by atoms with E-state index in [2.05, 4.69) is 15.5 Å². The Morgan fingerprint density at radius 2 is 2.35 bits per heavy atom. The second kappa shape index (κ2) is 5.16. The normalized spacial score (nSPS) is 12.9. The number of rotatable bonds is 5. The van der Waals surface area contributed by atoms with Crippen molar-refractivity contribution in [2.24, 2.45) is 0 Å². The van der Waals surface area contributed by atoms with E-state index >= 15 is 0 Å². The summed E-state index contributed by atoms with van der Waals surface area (Å²) in [6.07, 6.45) is 1.42. The molecule has 0 aromatic carbocycles. The quantitative estimate of drug-likeness (QED) is 0.733. The zero-order chi connectivity index (χ0) is 12.3. The molecule has 1 unspecified atom stereocenters. The fourth-order valence-corrected chi connectivity index (χ4v) is 1.64. The van der Waals surface area contributed by atoms with Crippen LogP contribution in [-0.2, 0) is 6.54 Å². The molecule has 0 spiro atoms. The van der Waals surface area contributed by atoms with Crippen LogP contribution in [0.15, 0.2) is 22.7 Å². The molecule has 0 amide bonds. The number of nitrogens with one attached hydrogen (secondary N) is 2. The van der Waals surface area contributed by atoms with Gasteiger partial charge in [-0.15, -0.1) is 0 Å². The molecule has 0 aliphatic heterocycles. The lowest BCUT2D eigenvalue weighted by atomic mass is 10.2. The van der Waals surface area contributed by atoms with Crippen LogP contribution in [0.1, 0.15) is 18.2 Å². The topological polar surface area (TPSA) is 74.1 Å². The van der Waals surface area contributed by atoms with Gasteiger partial charge in [-0.3, -0.25) is 5.10 Å². The Balaban J connectivity index is 2.07. The Morgan fingerprint density at radius 3 is 3.00 bits per heavy atom. The van der Waals surface area contributed by atoms with Crippen molar-refractivity contribution in [1.82, 2.24) is 15.5 Å². The zero-order valence-electron chi connectivity index (χ0n) is 10.0. The van der Waals surface area contributed by atoms with Crippen LogP contribution < -0.4 is 5.32 Å². The summed E-state index contributed by atoms with van der Waals surface area (Å²) in [5.41, 5.74) is 1.91. The molecule has 3 N–H and O–H groups in total. The van der Waals surface area contributed by atoms with E-state index in [1.54, 1.807) is 13.1 Å². The maximum atomic E-state index is 9.17. The molecule has 17 heavy (non-hydrogen) atoms. The van der Waals surface area contributed by atoms with Crippen LogP contribution in [0.3, 0.4) is 0 Å². The molecular formula is C12H17N3O2. The van der Waals surface area contributed by atoms with E-state index in [0.717, 1.165) is 22.8 Å². The van der Waals surface area contributed by atoms with Gasteiger partial charge in [0.25, 0.3) is 0 Å². The monoisotopic (exact) mass is 235 g/mol. The minimum atomic E-state index is -0.351. The third kappa shape index (κ3) is 2.95. The molecule has 2 heterocycles. The molecule has 0 radical (unpaired) electrons. The lowest BCUT2D eigenvalue weighted by Gasteiger charge is -2.06. The van der Waals surface area contributed by atoms with E-state index < -0.39 is 0 Å². The van der Waals surface area contributed by atoms with Gasteiger partial charge in [0.1, 0.15) is 11.5 Å². The highest BCUT2D eigenvalue weighted by atomic mass is 16.3. The first-order chi connectivity index (χ1) is 8.16. The first-order valence-corrected chi connectivity index (χ1v) is 5.64. The Labute approximate surface area is 99.8 Å². The van der Waals surface area contributed by atoms with Gasteiger partial charge in [0.05, 0.1) is 12.3 Å². The van der Waals surface area contributed by atoms with Crippen molar-refractivity contribution < 1.29 is 9.52 Å². The number of hydrogen-bond acceptors (Lipinski definition) is 4. The Bertz CT molecular complexity index is 474. The summed E-state index contributed by atoms with van der Waals surface area (Å²) in [6.45, 7) is 4.86. The average molecular weight is 235 g/mol. The molecule has 0 saturated carbocycles. The van der Waals surface area contributed by atoms with E-state index in [9.17, 15) is 0 Å². The van der Waals surface area contributed by atoms with Crippen molar-refractivity contribution in [2.75, 3.05) is 6.54 Å². The molecule has 0 aliphatic rings. The number of H-pyrrole nitrogens is 1. The van der Waals surface area contributed by atoms with Gasteiger partial charge < -0.3 is 14.8 Å². The second-order valence-corrected chi connectivity index (χ2v) is 4.16. The highest BCUT2D eigenvalue weighted by Gasteiger charge is 2.10. The summed E-state index contributed by atoms with van der Waals surface area (Å²) >= 11 is 0. The van der Waals surface area contributed by atoms with E-state index in [1.165, 1.54) is 0 Å². The van der Waals surface area contributed by atoms with Gasteiger partial charge >= 0.3 is 0 Å². The Kier molecular flexibility index (Phi) is 3.61. The number of aryl methyl sites for hydroxylation is 1. The van der Waals surface area contributed by atoms with Crippen LogP contribution in [0.2, 0.25) is 0 Å². The molecule has 0 fully saturated rings. The number of aromatic amines is 1. The molecule has 2 rings (SSSR count). The van der Waals surface area contributed by atoms with Crippen LogP contribution in [0, 0.1) is 6.92 Å². The van der Waals surface area contributed by atoms with Crippen LogP contribution >= 0.6 is 0 Å². The third-order valence-corrected chi connectivity index (χ3v) is 2.46. The number of aliphatic hydroxyl groups is 1. The highest BCUT2D eigenvalue weighted by Crippen LogP contribution is 2.23. The summed E-state index contributed by atoms with van der Waals surface area (Å²) in [4.78, 5) is 0. The lowest BCUT2D eigenvalue weighted by molar-refractivity contribution is 0.191. The second-order valence-electron chi connectivity index (χ2n) is 4.16. The smallest absolute Gasteiger partial charge is 0.152 e. The number of hydrogen-bond donors (Lipinski definition) is 3. The van der Waals surface area contributed by atoms with E-state index in [1.807, 2.05) is 19.1 Å². The molecule has 0 aliphatic carbocycles. The fourth-order valence-electron chi connectivity index (χ4n) is 1.64. The van der Waals surface area contributed by atoms with Crippen LogP contribution in [-0.4, -0.2) is 28.0 Å². The summed E-state index contributed by atoms with van der Waals surface area (Å²) < 4.78 is 5.55. The number of nitrogens with zero attached hydrogens (tertiary/aromatic N) is 1. The average Bonchev–Trinajstić information content (AvgIpc) is 2.86. The van der Waals surface area contributed by atoms with Crippen molar-refractivity contribution in [1.29, 1.82) is 0 Å². The van der Waals surface area contributed by atoms with E-state index in [0.29, 0.717) is 13.1 Å². The predicted octanol–water partition coefficient (Wildman–Crippen LogP) is 1.45. The van der Waals surface area contributed by atoms with Crippen molar-refractivity contribution >= 4 is 0 Å². The Morgan fingerprint density at radius 1 is 1.53 bits per heavy atom. The molecular weight excluding hydrogens is 218 g/mol. The number of aliphatic hydroxyl groups excluding tert-OH is 1. The van der Waals surface area contributed by atoms with E-state index in [4.69, 9.17) is 9.52 Å². The largest absolute Gasteiger partial charge is 0.460 e. The van der Waals surface area contributed by atoms with Gasteiger partial charge in [-0.2, -0.15) is 5.10 Å². The van der Waals surface area contributed by atoms with Gasteiger partial charge in [-0.1, -0.05) is 0 Å². The van der Waals surface area contributed by atoms with Crippen molar-refractivity contribution in [3.8, 4) is 11.5 Å². The van der Waals surface area contributed by atoms with Gasteiger partial charge in [-0.25, -0.2) is 0 Å². The SMILES string of the molecule is Cc1ccc(-c2[nH]ncc2CNCC(C)O)o1.